The first-order valence-corrected chi connectivity index (χ1v) is 6.11. The molecular weight excluding hydrogens is 241 g/mol. The van der Waals surface area contributed by atoms with Crippen LogP contribution < -0.4 is 5.32 Å². The predicted molar refractivity (Wildman–Crippen MR) is 64.2 cm³/mol. The highest BCUT2D eigenvalue weighted by molar-refractivity contribution is 5.24. The van der Waals surface area contributed by atoms with Crippen molar-refractivity contribution in [2.75, 3.05) is 19.6 Å². The molecule has 0 amide bonds. The third kappa shape index (κ3) is 3.03. The first-order valence-electron chi connectivity index (χ1n) is 6.11. The molecule has 1 aromatic rings. The van der Waals surface area contributed by atoms with Crippen molar-refractivity contribution in [1.29, 1.82) is 0 Å². The number of benzene rings is 1. The SMILES string of the molecule is CCN(Cc1ccc(C(F)(F)F)cc1)C1CNC1. The van der Waals surface area contributed by atoms with Crippen molar-refractivity contribution in [1.82, 2.24) is 10.2 Å². The minimum absolute atomic E-state index is 0.511. The molecule has 0 bridgehead atoms. The molecule has 2 rings (SSSR count). The second kappa shape index (κ2) is 5.28. The highest BCUT2D eigenvalue weighted by atomic mass is 19.4. The Labute approximate surface area is 105 Å². The van der Waals surface area contributed by atoms with Gasteiger partial charge in [0, 0.05) is 25.7 Å². The summed E-state index contributed by atoms with van der Waals surface area (Å²) in [6.07, 6.45) is -4.25. The summed E-state index contributed by atoms with van der Waals surface area (Å²) in [4.78, 5) is 2.28. The summed E-state index contributed by atoms with van der Waals surface area (Å²) in [5.74, 6) is 0. The van der Waals surface area contributed by atoms with E-state index in [0.29, 0.717) is 12.6 Å². The molecule has 0 aliphatic carbocycles. The molecule has 0 spiro atoms. The molecule has 1 aliphatic rings. The Hall–Kier alpha value is -1.07. The van der Waals surface area contributed by atoms with Gasteiger partial charge in [-0.05, 0) is 24.2 Å². The molecule has 18 heavy (non-hydrogen) atoms. The van der Waals surface area contributed by atoms with Gasteiger partial charge in [0.05, 0.1) is 5.56 Å². The van der Waals surface area contributed by atoms with Gasteiger partial charge in [-0.1, -0.05) is 19.1 Å². The lowest BCUT2D eigenvalue weighted by atomic mass is 10.1. The number of hydrogen-bond donors (Lipinski definition) is 1. The fraction of sp³-hybridized carbons (Fsp3) is 0.538. The van der Waals surface area contributed by atoms with E-state index >= 15 is 0 Å². The van der Waals surface area contributed by atoms with Crippen LogP contribution in [-0.4, -0.2) is 30.6 Å². The Morgan fingerprint density at radius 3 is 2.22 bits per heavy atom. The molecule has 1 fully saturated rings. The van der Waals surface area contributed by atoms with Crippen LogP contribution in [0.1, 0.15) is 18.1 Å². The van der Waals surface area contributed by atoms with E-state index in [9.17, 15) is 13.2 Å². The van der Waals surface area contributed by atoms with Gasteiger partial charge >= 0.3 is 6.18 Å². The third-order valence-electron chi connectivity index (χ3n) is 3.35. The fourth-order valence-corrected chi connectivity index (χ4v) is 2.06. The molecule has 0 unspecified atom stereocenters. The molecule has 0 atom stereocenters. The van der Waals surface area contributed by atoms with Crippen LogP contribution in [0.3, 0.4) is 0 Å². The van der Waals surface area contributed by atoms with Crippen LogP contribution in [0.15, 0.2) is 24.3 Å². The Morgan fingerprint density at radius 2 is 1.83 bits per heavy atom. The summed E-state index contributed by atoms with van der Waals surface area (Å²) in [5.41, 5.74) is 0.344. The fourth-order valence-electron chi connectivity index (χ4n) is 2.06. The average Bonchev–Trinajstić information content (AvgIpc) is 2.25. The van der Waals surface area contributed by atoms with E-state index < -0.39 is 11.7 Å². The van der Waals surface area contributed by atoms with E-state index in [1.165, 1.54) is 0 Å². The van der Waals surface area contributed by atoms with Crippen LogP contribution >= 0.6 is 0 Å². The van der Waals surface area contributed by atoms with Crippen LogP contribution in [0.2, 0.25) is 0 Å². The van der Waals surface area contributed by atoms with Gasteiger partial charge in [0.1, 0.15) is 0 Å². The summed E-state index contributed by atoms with van der Waals surface area (Å²) < 4.78 is 37.3. The molecule has 1 saturated heterocycles. The number of alkyl halides is 3. The molecule has 0 saturated carbocycles. The molecule has 1 heterocycles. The van der Waals surface area contributed by atoms with E-state index in [1.54, 1.807) is 12.1 Å². The first kappa shape index (κ1) is 13.4. The number of hydrogen-bond acceptors (Lipinski definition) is 2. The lowest BCUT2D eigenvalue weighted by Gasteiger charge is -2.37. The van der Waals surface area contributed by atoms with E-state index in [1.807, 2.05) is 0 Å². The summed E-state index contributed by atoms with van der Waals surface area (Å²) in [6, 6.07) is 5.96. The molecule has 1 N–H and O–H groups in total. The van der Waals surface area contributed by atoms with Crippen molar-refractivity contribution in [3.05, 3.63) is 35.4 Å². The van der Waals surface area contributed by atoms with Gasteiger partial charge in [-0.15, -0.1) is 0 Å². The first-order chi connectivity index (χ1) is 8.50. The second-order valence-electron chi connectivity index (χ2n) is 4.57. The van der Waals surface area contributed by atoms with Crippen molar-refractivity contribution in [2.24, 2.45) is 0 Å². The molecule has 100 valence electrons. The molecule has 5 heteroatoms. The van der Waals surface area contributed by atoms with Crippen molar-refractivity contribution in [3.8, 4) is 0 Å². The average molecular weight is 258 g/mol. The Balaban J connectivity index is 2.00. The van der Waals surface area contributed by atoms with E-state index in [-0.39, 0.29) is 0 Å². The number of nitrogens with one attached hydrogen (secondary N) is 1. The van der Waals surface area contributed by atoms with Crippen molar-refractivity contribution in [2.45, 2.75) is 25.7 Å². The standard InChI is InChI=1S/C13H17F3N2/c1-2-18(12-7-17-8-12)9-10-3-5-11(6-4-10)13(14,15)16/h3-6,12,17H,2,7-9H2,1H3. The molecular formula is C13H17F3N2. The predicted octanol–water partition coefficient (Wildman–Crippen LogP) is 2.50. The molecule has 2 nitrogen and oxygen atoms in total. The minimum atomic E-state index is -4.25. The Kier molecular flexibility index (Phi) is 3.92. The van der Waals surface area contributed by atoms with Crippen molar-refractivity contribution < 1.29 is 13.2 Å². The third-order valence-corrected chi connectivity index (χ3v) is 3.35. The summed E-state index contributed by atoms with van der Waals surface area (Å²) >= 11 is 0. The molecule has 0 radical (unpaired) electrons. The summed E-state index contributed by atoms with van der Waals surface area (Å²) in [7, 11) is 0. The summed E-state index contributed by atoms with van der Waals surface area (Å²) in [6.45, 7) is 5.62. The topological polar surface area (TPSA) is 15.3 Å². The van der Waals surface area contributed by atoms with E-state index in [2.05, 4.69) is 17.1 Å². The van der Waals surface area contributed by atoms with Gasteiger partial charge in [-0.25, -0.2) is 0 Å². The van der Waals surface area contributed by atoms with Crippen molar-refractivity contribution in [3.63, 3.8) is 0 Å². The van der Waals surface area contributed by atoms with E-state index in [4.69, 9.17) is 0 Å². The van der Waals surface area contributed by atoms with Gasteiger partial charge in [-0.3, -0.25) is 4.90 Å². The maximum Gasteiger partial charge on any atom is 0.416 e. The maximum absolute atomic E-state index is 12.4. The number of halogens is 3. The largest absolute Gasteiger partial charge is 0.416 e. The number of likely N-dealkylation sites (N-methyl/N-ethyl adjacent to an activating group) is 1. The normalized spacial score (nSPS) is 16.9. The lowest BCUT2D eigenvalue weighted by molar-refractivity contribution is -0.137. The van der Waals surface area contributed by atoms with Crippen molar-refractivity contribution >= 4 is 0 Å². The highest BCUT2D eigenvalue weighted by Crippen LogP contribution is 2.29. The molecule has 1 aliphatic heterocycles. The van der Waals surface area contributed by atoms with Gasteiger partial charge in [0.2, 0.25) is 0 Å². The summed E-state index contributed by atoms with van der Waals surface area (Å²) in [5, 5.41) is 3.20. The van der Waals surface area contributed by atoms with E-state index in [0.717, 1.165) is 37.3 Å². The van der Waals surface area contributed by atoms with Gasteiger partial charge in [0.25, 0.3) is 0 Å². The van der Waals surface area contributed by atoms with Gasteiger partial charge < -0.3 is 5.32 Å². The lowest BCUT2D eigenvalue weighted by Crippen LogP contribution is -2.56. The van der Waals surface area contributed by atoms with Crippen LogP contribution in [0.25, 0.3) is 0 Å². The zero-order chi connectivity index (χ0) is 13.2. The zero-order valence-corrected chi connectivity index (χ0v) is 10.3. The van der Waals surface area contributed by atoms with Crippen LogP contribution in [-0.2, 0) is 12.7 Å². The van der Waals surface area contributed by atoms with Crippen LogP contribution in [0.5, 0.6) is 0 Å². The Morgan fingerprint density at radius 1 is 1.22 bits per heavy atom. The molecule has 0 aromatic heterocycles. The minimum Gasteiger partial charge on any atom is -0.314 e. The quantitative estimate of drug-likeness (QED) is 0.892. The van der Waals surface area contributed by atoms with Gasteiger partial charge in [0.15, 0.2) is 0 Å². The number of nitrogens with zero attached hydrogens (tertiary/aromatic N) is 1. The second-order valence-corrected chi connectivity index (χ2v) is 4.57. The smallest absolute Gasteiger partial charge is 0.314 e. The van der Waals surface area contributed by atoms with Gasteiger partial charge in [-0.2, -0.15) is 13.2 Å². The highest BCUT2D eigenvalue weighted by Gasteiger charge is 2.30. The monoisotopic (exact) mass is 258 g/mol. The number of rotatable bonds is 4. The van der Waals surface area contributed by atoms with Crippen LogP contribution in [0, 0.1) is 0 Å². The zero-order valence-electron chi connectivity index (χ0n) is 10.3. The van der Waals surface area contributed by atoms with Crippen LogP contribution in [0.4, 0.5) is 13.2 Å². The maximum atomic E-state index is 12.4. The molecule has 1 aromatic carbocycles. The Bertz CT molecular complexity index is 382.